The Balaban J connectivity index is 1.85. The van der Waals surface area contributed by atoms with Gasteiger partial charge in [0.15, 0.2) is 18.5 Å². The van der Waals surface area contributed by atoms with E-state index in [0.717, 1.165) is 0 Å². The van der Waals surface area contributed by atoms with Crippen LogP contribution in [0.3, 0.4) is 0 Å². The number of carbonyl (C=O) groups excluding carboxylic acids is 2. The Kier molecular flexibility index (Phi) is 7.34. The van der Waals surface area contributed by atoms with Gasteiger partial charge in [-0.25, -0.2) is 9.78 Å². The molecule has 0 aliphatic rings. The molecule has 0 bridgehead atoms. The van der Waals surface area contributed by atoms with Crippen molar-refractivity contribution in [1.29, 1.82) is 0 Å². The molecule has 2 aromatic rings. The number of pyridine rings is 1. The van der Waals surface area contributed by atoms with Crippen LogP contribution in [0, 0.1) is 0 Å². The molecule has 0 saturated heterocycles. The first-order valence-corrected chi connectivity index (χ1v) is 8.66. The van der Waals surface area contributed by atoms with E-state index in [1.807, 2.05) is 0 Å². The van der Waals surface area contributed by atoms with Gasteiger partial charge in [0.1, 0.15) is 5.75 Å². The summed E-state index contributed by atoms with van der Waals surface area (Å²) in [5, 5.41) is 3.57. The summed E-state index contributed by atoms with van der Waals surface area (Å²) >= 11 is 23.4. The maximum absolute atomic E-state index is 11.9. The lowest BCUT2D eigenvalue weighted by Crippen LogP contribution is -2.30. The fourth-order valence-corrected chi connectivity index (χ4v) is 2.62. The standard InChI is InChI=1S/C16H12Cl4N2O4/c1-8(26-13-3-2-9(17)4-11(13)19)16(24)25-7-14(23)22-15-12(20)5-10(18)6-21-15/h2-6,8H,7H2,1H3,(H,21,22,23)/t8-/m1/s1. The smallest absolute Gasteiger partial charge is 0.347 e. The van der Waals surface area contributed by atoms with E-state index < -0.39 is 24.6 Å². The molecule has 0 aliphatic carbocycles. The van der Waals surface area contributed by atoms with E-state index >= 15 is 0 Å². The Bertz CT molecular complexity index is 832. The van der Waals surface area contributed by atoms with E-state index in [4.69, 9.17) is 55.9 Å². The Morgan fingerprint density at radius 2 is 1.81 bits per heavy atom. The topological polar surface area (TPSA) is 77.5 Å². The van der Waals surface area contributed by atoms with Crippen LogP contribution in [0.25, 0.3) is 0 Å². The first kappa shape index (κ1) is 20.6. The van der Waals surface area contributed by atoms with E-state index in [9.17, 15) is 9.59 Å². The second-order valence-electron chi connectivity index (χ2n) is 4.97. The van der Waals surface area contributed by atoms with Crippen LogP contribution in [0.5, 0.6) is 5.75 Å². The molecule has 10 heteroatoms. The predicted molar refractivity (Wildman–Crippen MR) is 100 cm³/mol. The Morgan fingerprint density at radius 1 is 1.12 bits per heavy atom. The molecule has 0 fully saturated rings. The highest BCUT2D eigenvalue weighted by molar-refractivity contribution is 6.36. The van der Waals surface area contributed by atoms with Gasteiger partial charge in [0.25, 0.3) is 5.91 Å². The second kappa shape index (κ2) is 9.28. The van der Waals surface area contributed by atoms with E-state index in [2.05, 4.69) is 10.3 Å². The minimum absolute atomic E-state index is 0.106. The second-order valence-corrected chi connectivity index (χ2v) is 6.66. The van der Waals surface area contributed by atoms with Crippen molar-refractivity contribution in [2.24, 2.45) is 0 Å². The summed E-state index contributed by atoms with van der Waals surface area (Å²) in [7, 11) is 0. The number of anilines is 1. The fraction of sp³-hybridized carbons (Fsp3) is 0.188. The first-order valence-electron chi connectivity index (χ1n) is 7.15. The third-order valence-electron chi connectivity index (χ3n) is 2.94. The number of nitrogens with zero attached hydrogens (tertiary/aromatic N) is 1. The third-order valence-corrected chi connectivity index (χ3v) is 3.97. The third kappa shape index (κ3) is 5.92. The molecule has 6 nitrogen and oxygen atoms in total. The average Bonchev–Trinajstić information content (AvgIpc) is 2.57. The van der Waals surface area contributed by atoms with Crippen molar-refractivity contribution in [2.75, 3.05) is 11.9 Å². The van der Waals surface area contributed by atoms with Crippen molar-refractivity contribution < 1.29 is 19.1 Å². The van der Waals surface area contributed by atoms with Crippen molar-refractivity contribution in [3.63, 3.8) is 0 Å². The SMILES string of the molecule is C[C@@H](Oc1ccc(Cl)cc1Cl)C(=O)OCC(=O)Nc1ncc(Cl)cc1Cl. The van der Waals surface area contributed by atoms with Gasteiger partial charge < -0.3 is 14.8 Å². The molecule has 1 aromatic heterocycles. The van der Waals surface area contributed by atoms with Crippen LogP contribution in [0.4, 0.5) is 5.82 Å². The number of rotatable bonds is 6. The minimum Gasteiger partial charge on any atom is -0.477 e. The van der Waals surface area contributed by atoms with Gasteiger partial charge in [-0.15, -0.1) is 0 Å². The van der Waals surface area contributed by atoms with Crippen LogP contribution in [0.15, 0.2) is 30.5 Å². The molecule has 138 valence electrons. The summed E-state index contributed by atoms with van der Waals surface area (Å²) in [6.45, 7) is 0.921. The van der Waals surface area contributed by atoms with Crippen molar-refractivity contribution in [2.45, 2.75) is 13.0 Å². The maximum Gasteiger partial charge on any atom is 0.347 e. The number of benzene rings is 1. The number of aromatic nitrogens is 1. The van der Waals surface area contributed by atoms with Gasteiger partial charge in [-0.2, -0.15) is 0 Å². The van der Waals surface area contributed by atoms with Gasteiger partial charge in [-0.05, 0) is 31.2 Å². The molecule has 26 heavy (non-hydrogen) atoms. The van der Waals surface area contributed by atoms with Crippen LogP contribution in [-0.4, -0.2) is 29.6 Å². The zero-order valence-electron chi connectivity index (χ0n) is 13.3. The van der Waals surface area contributed by atoms with Gasteiger partial charge in [0.2, 0.25) is 0 Å². The van der Waals surface area contributed by atoms with E-state index in [1.165, 1.54) is 31.3 Å². The van der Waals surface area contributed by atoms with Gasteiger partial charge >= 0.3 is 5.97 Å². The molecule has 0 aliphatic heterocycles. The highest BCUT2D eigenvalue weighted by Crippen LogP contribution is 2.28. The van der Waals surface area contributed by atoms with Crippen LogP contribution in [-0.2, 0) is 14.3 Å². The van der Waals surface area contributed by atoms with Crippen molar-refractivity contribution >= 4 is 64.1 Å². The number of hydrogen-bond acceptors (Lipinski definition) is 5. The Morgan fingerprint density at radius 3 is 2.46 bits per heavy atom. The van der Waals surface area contributed by atoms with Crippen LogP contribution >= 0.6 is 46.4 Å². The number of esters is 1. The number of carbonyl (C=O) groups is 2. The summed E-state index contributed by atoms with van der Waals surface area (Å²) < 4.78 is 10.3. The van der Waals surface area contributed by atoms with Gasteiger partial charge in [0.05, 0.1) is 15.1 Å². The Hall–Kier alpha value is -1.73. The number of amides is 1. The molecule has 0 unspecified atom stereocenters. The summed E-state index contributed by atoms with van der Waals surface area (Å²) in [6.07, 6.45) is 0.333. The first-order chi connectivity index (χ1) is 12.3. The molecular weight excluding hydrogens is 426 g/mol. The van der Waals surface area contributed by atoms with Crippen LogP contribution in [0.1, 0.15) is 6.92 Å². The molecule has 0 spiro atoms. The van der Waals surface area contributed by atoms with Crippen LogP contribution < -0.4 is 10.1 Å². The van der Waals surface area contributed by atoms with E-state index in [1.54, 1.807) is 6.07 Å². The van der Waals surface area contributed by atoms with Gasteiger partial charge in [-0.3, -0.25) is 4.79 Å². The van der Waals surface area contributed by atoms with Crippen molar-refractivity contribution in [1.82, 2.24) is 4.98 Å². The largest absolute Gasteiger partial charge is 0.477 e. The summed E-state index contributed by atoms with van der Waals surface area (Å²) in [5.74, 6) is -0.996. The normalized spacial score (nSPS) is 11.6. The summed E-state index contributed by atoms with van der Waals surface area (Å²) in [5.41, 5.74) is 0. The minimum atomic E-state index is -0.987. The average molecular weight is 438 g/mol. The van der Waals surface area contributed by atoms with Gasteiger partial charge in [-0.1, -0.05) is 46.4 Å². The lowest BCUT2D eigenvalue weighted by molar-refractivity contribution is -0.153. The number of halogens is 4. The molecule has 0 saturated carbocycles. The number of nitrogens with one attached hydrogen (secondary N) is 1. The fourth-order valence-electron chi connectivity index (χ4n) is 1.74. The molecule has 0 radical (unpaired) electrons. The van der Waals surface area contributed by atoms with E-state index in [0.29, 0.717) is 10.0 Å². The maximum atomic E-state index is 11.9. The Labute approximate surface area is 169 Å². The van der Waals surface area contributed by atoms with Crippen LogP contribution in [0.2, 0.25) is 20.1 Å². The van der Waals surface area contributed by atoms with Crippen molar-refractivity contribution in [3.05, 3.63) is 50.6 Å². The molecule has 1 heterocycles. The monoisotopic (exact) mass is 436 g/mol. The predicted octanol–water partition coefficient (Wildman–Crippen LogP) is 4.64. The lowest BCUT2D eigenvalue weighted by atomic mass is 10.3. The van der Waals surface area contributed by atoms with E-state index in [-0.39, 0.29) is 21.6 Å². The molecule has 1 amide bonds. The molecule has 1 atom stereocenters. The summed E-state index contributed by atoms with van der Waals surface area (Å²) in [4.78, 5) is 27.6. The van der Waals surface area contributed by atoms with Gasteiger partial charge in [0, 0.05) is 11.2 Å². The van der Waals surface area contributed by atoms with Crippen molar-refractivity contribution in [3.8, 4) is 5.75 Å². The molecule has 1 N–H and O–H groups in total. The highest BCUT2D eigenvalue weighted by atomic mass is 35.5. The lowest BCUT2D eigenvalue weighted by Gasteiger charge is -2.15. The zero-order valence-corrected chi connectivity index (χ0v) is 16.3. The number of ether oxygens (including phenoxy) is 2. The summed E-state index contributed by atoms with van der Waals surface area (Å²) in [6, 6.07) is 5.99. The molecular formula is C16H12Cl4N2O4. The zero-order chi connectivity index (χ0) is 19.3. The number of hydrogen-bond donors (Lipinski definition) is 1. The quantitative estimate of drug-likeness (QED) is 0.665. The molecule has 2 rings (SSSR count). The highest BCUT2D eigenvalue weighted by Gasteiger charge is 2.19. The molecule has 1 aromatic carbocycles.